The Hall–Kier alpha value is -2.57. The van der Waals surface area contributed by atoms with Gasteiger partial charge < -0.3 is 20.3 Å². The van der Waals surface area contributed by atoms with Crippen molar-refractivity contribution < 1.29 is 19.1 Å². The van der Waals surface area contributed by atoms with Crippen LogP contribution in [-0.4, -0.2) is 47.0 Å². The van der Waals surface area contributed by atoms with Crippen LogP contribution in [0.2, 0.25) is 0 Å². The van der Waals surface area contributed by atoms with Crippen molar-refractivity contribution in [2.45, 2.75) is 118 Å². The van der Waals surface area contributed by atoms with Gasteiger partial charge in [-0.15, -0.1) is 0 Å². The van der Waals surface area contributed by atoms with Gasteiger partial charge in [0.15, 0.2) is 0 Å². The Morgan fingerprint density at radius 2 is 1.54 bits per heavy atom. The van der Waals surface area contributed by atoms with Crippen molar-refractivity contribution >= 4 is 17.9 Å². The molecule has 1 aromatic carbocycles. The minimum atomic E-state index is -0.847. The molecule has 7 nitrogen and oxygen atoms in total. The van der Waals surface area contributed by atoms with Gasteiger partial charge in [0, 0.05) is 12.6 Å². The normalized spacial score (nSPS) is 14.0. The lowest BCUT2D eigenvalue weighted by Gasteiger charge is -2.34. The summed E-state index contributed by atoms with van der Waals surface area (Å²) in [4.78, 5) is 41.3. The molecule has 7 heteroatoms. The van der Waals surface area contributed by atoms with Crippen LogP contribution in [0.25, 0.3) is 0 Å². The van der Waals surface area contributed by atoms with E-state index in [0.717, 1.165) is 48.8 Å². The summed E-state index contributed by atoms with van der Waals surface area (Å²) in [5.74, 6) is -0.514. The first-order chi connectivity index (χ1) is 16.3. The van der Waals surface area contributed by atoms with E-state index in [9.17, 15) is 14.4 Å². The van der Waals surface area contributed by atoms with Crippen molar-refractivity contribution in [1.82, 2.24) is 15.5 Å². The molecule has 0 spiro atoms. The molecular weight excluding hydrogens is 442 g/mol. The van der Waals surface area contributed by atoms with E-state index in [0.29, 0.717) is 6.54 Å². The molecule has 0 bridgehead atoms. The maximum absolute atomic E-state index is 13.7. The second kappa shape index (κ2) is 14.1. The SMILES string of the molecule is CCCCCN(C(=O)C(C)NC(=O)OC(C)(C)C)C(C(=O)NC(C)CCC)c1cc(C)cc(C)c1. The molecule has 3 atom stereocenters. The first-order valence-electron chi connectivity index (χ1n) is 13.0. The molecule has 0 fully saturated rings. The van der Waals surface area contributed by atoms with E-state index in [1.165, 1.54) is 0 Å². The van der Waals surface area contributed by atoms with E-state index >= 15 is 0 Å². The largest absolute Gasteiger partial charge is 0.444 e. The molecule has 3 amide bonds. The Kier molecular flexibility index (Phi) is 12.3. The fourth-order valence-corrected chi connectivity index (χ4v) is 4.16. The smallest absolute Gasteiger partial charge is 0.408 e. The summed E-state index contributed by atoms with van der Waals surface area (Å²) in [5, 5.41) is 5.76. The molecule has 35 heavy (non-hydrogen) atoms. The number of alkyl carbamates (subject to hydrolysis) is 1. The van der Waals surface area contributed by atoms with Crippen LogP contribution in [0, 0.1) is 13.8 Å². The Labute approximate surface area is 212 Å². The number of aryl methyl sites for hydroxylation is 2. The van der Waals surface area contributed by atoms with Crippen molar-refractivity contribution in [3.8, 4) is 0 Å². The maximum Gasteiger partial charge on any atom is 0.408 e. The van der Waals surface area contributed by atoms with Gasteiger partial charge in [-0.05, 0) is 66.9 Å². The number of ether oxygens (including phenoxy) is 1. The molecule has 0 aromatic heterocycles. The van der Waals surface area contributed by atoms with Crippen LogP contribution in [0.4, 0.5) is 4.79 Å². The highest BCUT2D eigenvalue weighted by molar-refractivity contribution is 5.92. The number of hydrogen-bond donors (Lipinski definition) is 2. The van der Waals surface area contributed by atoms with Crippen LogP contribution in [0.1, 0.15) is 103 Å². The average molecular weight is 490 g/mol. The number of carbonyl (C=O) groups is 3. The van der Waals surface area contributed by atoms with E-state index in [-0.39, 0.29) is 17.9 Å². The number of carbonyl (C=O) groups excluding carboxylic acids is 3. The van der Waals surface area contributed by atoms with Gasteiger partial charge in [-0.1, -0.05) is 62.4 Å². The minimum Gasteiger partial charge on any atom is -0.444 e. The second-order valence-electron chi connectivity index (χ2n) is 10.6. The lowest BCUT2D eigenvalue weighted by Crippen LogP contribution is -2.52. The van der Waals surface area contributed by atoms with E-state index in [4.69, 9.17) is 4.74 Å². The summed E-state index contributed by atoms with van der Waals surface area (Å²) in [7, 11) is 0. The van der Waals surface area contributed by atoms with Gasteiger partial charge in [0.1, 0.15) is 17.7 Å². The molecule has 2 N–H and O–H groups in total. The lowest BCUT2D eigenvalue weighted by molar-refractivity contribution is -0.142. The van der Waals surface area contributed by atoms with Crippen molar-refractivity contribution in [1.29, 1.82) is 0 Å². The maximum atomic E-state index is 13.7. The van der Waals surface area contributed by atoms with Crippen LogP contribution >= 0.6 is 0 Å². The van der Waals surface area contributed by atoms with Gasteiger partial charge in [-0.2, -0.15) is 0 Å². The molecule has 0 aliphatic carbocycles. The Morgan fingerprint density at radius 1 is 0.943 bits per heavy atom. The van der Waals surface area contributed by atoms with Crippen molar-refractivity contribution in [3.05, 3.63) is 34.9 Å². The van der Waals surface area contributed by atoms with Crippen LogP contribution in [-0.2, 0) is 14.3 Å². The molecule has 0 heterocycles. The molecule has 0 saturated carbocycles. The number of benzene rings is 1. The van der Waals surface area contributed by atoms with Gasteiger partial charge in [0.25, 0.3) is 0 Å². The van der Waals surface area contributed by atoms with Crippen molar-refractivity contribution in [2.24, 2.45) is 0 Å². The second-order valence-corrected chi connectivity index (χ2v) is 10.6. The summed E-state index contributed by atoms with van der Waals surface area (Å²) in [5.41, 5.74) is 2.16. The van der Waals surface area contributed by atoms with Gasteiger partial charge in [0.05, 0.1) is 0 Å². The Balaban J connectivity index is 3.38. The number of nitrogens with zero attached hydrogens (tertiary/aromatic N) is 1. The van der Waals surface area contributed by atoms with Crippen LogP contribution < -0.4 is 10.6 Å². The summed E-state index contributed by atoms with van der Waals surface area (Å²) in [6.07, 6.45) is 3.83. The fraction of sp³-hybridized carbons (Fsp3) is 0.679. The van der Waals surface area contributed by atoms with Crippen LogP contribution in [0.5, 0.6) is 0 Å². The Bertz CT molecular complexity index is 827. The molecule has 3 unspecified atom stereocenters. The molecule has 198 valence electrons. The van der Waals surface area contributed by atoms with E-state index in [1.807, 2.05) is 39.0 Å². The highest BCUT2D eigenvalue weighted by atomic mass is 16.6. The number of hydrogen-bond acceptors (Lipinski definition) is 4. The van der Waals surface area contributed by atoms with Crippen LogP contribution in [0.15, 0.2) is 18.2 Å². The molecule has 1 rings (SSSR count). The third-order valence-electron chi connectivity index (χ3n) is 5.62. The topological polar surface area (TPSA) is 87.7 Å². The van der Waals surface area contributed by atoms with Crippen LogP contribution in [0.3, 0.4) is 0 Å². The first-order valence-corrected chi connectivity index (χ1v) is 13.0. The summed E-state index contributed by atoms with van der Waals surface area (Å²) in [6, 6.07) is 4.34. The summed E-state index contributed by atoms with van der Waals surface area (Å²) < 4.78 is 5.34. The highest BCUT2D eigenvalue weighted by Crippen LogP contribution is 2.26. The zero-order chi connectivity index (χ0) is 26.8. The molecule has 0 radical (unpaired) electrons. The van der Waals surface area contributed by atoms with E-state index in [2.05, 4.69) is 24.5 Å². The highest BCUT2D eigenvalue weighted by Gasteiger charge is 2.35. The monoisotopic (exact) mass is 489 g/mol. The quantitative estimate of drug-likeness (QED) is 0.375. The lowest BCUT2D eigenvalue weighted by atomic mass is 9.97. The summed E-state index contributed by atoms with van der Waals surface area (Å²) in [6.45, 7) is 17.5. The first kappa shape index (κ1) is 30.5. The molecule has 0 aliphatic rings. The molecule has 1 aromatic rings. The fourth-order valence-electron chi connectivity index (χ4n) is 4.16. The average Bonchev–Trinajstić information content (AvgIpc) is 2.70. The molecule has 0 saturated heterocycles. The molecule has 0 aliphatic heterocycles. The van der Waals surface area contributed by atoms with Crippen molar-refractivity contribution in [2.75, 3.05) is 6.54 Å². The Morgan fingerprint density at radius 3 is 2.06 bits per heavy atom. The number of amides is 3. The summed E-state index contributed by atoms with van der Waals surface area (Å²) >= 11 is 0. The molecular formula is C28H47N3O4. The van der Waals surface area contributed by atoms with Gasteiger partial charge >= 0.3 is 6.09 Å². The number of nitrogens with one attached hydrogen (secondary N) is 2. The predicted octanol–water partition coefficient (Wildman–Crippen LogP) is 5.58. The standard InChI is InChI=1S/C28H47N3O4/c1-10-12-13-15-31(26(33)22(6)30-27(34)35-28(7,8)9)24(25(32)29-21(5)14-11-2)23-17-19(3)16-20(4)18-23/h16-18,21-22,24H,10-15H2,1-9H3,(H,29,32)(H,30,34). The number of unbranched alkanes of at least 4 members (excludes halogenated alkanes) is 2. The predicted molar refractivity (Wildman–Crippen MR) is 141 cm³/mol. The number of rotatable bonds is 12. The van der Waals surface area contributed by atoms with Crippen molar-refractivity contribution in [3.63, 3.8) is 0 Å². The van der Waals surface area contributed by atoms with Gasteiger partial charge in [-0.25, -0.2) is 4.79 Å². The zero-order valence-corrected chi connectivity index (χ0v) is 23.3. The van der Waals surface area contributed by atoms with E-state index < -0.39 is 23.8 Å². The zero-order valence-electron chi connectivity index (χ0n) is 23.3. The van der Waals surface area contributed by atoms with Gasteiger partial charge in [0.2, 0.25) is 11.8 Å². The van der Waals surface area contributed by atoms with E-state index in [1.54, 1.807) is 32.6 Å². The third kappa shape index (κ3) is 10.7. The minimum absolute atomic E-state index is 0.00851. The third-order valence-corrected chi connectivity index (χ3v) is 5.62. The van der Waals surface area contributed by atoms with Gasteiger partial charge in [-0.3, -0.25) is 9.59 Å².